The second-order valence-corrected chi connectivity index (χ2v) is 6.13. The number of benzene rings is 1. The van der Waals surface area contributed by atoms with Crippen molar-refractivity contribution in [2.45, 2.75) is 6.92 Å². The lowest BCUT2D eigenvalue weighted by molar-refractivity contribution is -0.117. The molecule has 25 heavy (non-hydrogen) atoms. The highest BCUT2D eigenvalue weighted by Gasteiger charge is 2.19. The highest BCUT2D eigenvalue weighted by atomic mass is 16.2. The monoisotopic (exact) mass is 338 g/mol. The number of carbonyl (C=O) groups is 2. The lowest BCUT2D eigenvalue weighted by Crippen LogP contribution is -2.48. The fourth-order valence-electron chi connectivity index (χ4n) is 2.87. The molecule has 0 radical (unpaired) electrons. The first kappa shape index (κ1) is 17.1. The zero-order valence-corrected chi connectivity index (χ0v) is 14.3. The molecule has 1 aromatic heterocycles. The Kier molecular flexibility index (Phi) is 5.40. The van der Waals surface area contributed by atoms with Gasteiger partial charge in [0.1, 0.15) is 5.82 Å². The molecule has 0 saturated carbocycles. The molecule has 6 nitrogen and oxygen atoms in total. The first-order valence-corrected chi connectivity index (χ1v) is 8.41. The topological polar surface area (TPSA) is 65.5 Å². The van der Waals surface area contributed by atoms with Gasteiger partial charge in [-0.05, 0) is 43.3 Å². The number of piperazine rings is 1. The smallest absolute Gasteiger partial charge is 0.238 e. The normalized spacial score (nSPS) is 15.0. The molecule has 0 aliphatic carbocycles. The van der Waals surface area contributed by atoms with Crippen LogP contribution in [-0.4, -0.2) is 54.3 Å². The summed E-state index contributed by atoms with van der Waals surface area (Å²) in [5, 5.41) is 2.88. The molecule has 0 unspecified atom stereocenters. The van der Waals surface area contributed by atoms with E-state index >= 15 is 0 Å². The average molecular weight is 338 g/mol. The molecule has 2 aromatic rings. The molecular formula is C19H22N4O2. The molecule has 130 valence electrons. The fraction of sp³-hybridized carbons (Fsp3) is 0.316. The maximum atomic E-state index is 12.2. The summed E-state index contributed by atoms with van der Waals surface area (Å²) in [7, 11) is 0. The van der Waals surface area contributed by atoms with Crippen LogP contribution in [0.15, 0.2) is 48.7 Å². The number of pyridine rings is 1. The zero-order valence-electron chi connectivity index (χ0n) is 14.3. The predicted octanol–water partition coefficient (Wildman–Crippen LogP) is 2.04. The van der Waals surface area contributed by atoms with Gasteiger partial charge in [0.15, 0.2) is 5.78 Å². The van der Waals surface area contributed by atoms with E-state index in [1.54, 1.807) is 30.5 Å². The van der Waals surface area contributed by atoms with Gasteiger partial charge < -0.3 is 10.2 Å². The number of nitrogens with zero attached hydrogens (tertiary/aromatic N) is 3. The third kappa shape index (κ3) is 4.64. The standard InChI is InChI=1S/C19H22N4O2/c1-15(24)16-5-7-17(8-6-16)21-19(25)14-22-10-12-23(13-11-22)18-4-2-3-9-20-18/h2-9H,10-14H2,1H3,(H,21,25). The summed E-state index contributed by atoms with van der Waals surface area (Å²) in [5.74, 6) is 0.961. The number of rotatable bonds is 5. The van der Waals surface area contributed by atoms with Crippen molar-refractivity contribution in [1.82, 2.24) is 9.88 Å². The Morgan fingerprint density at radius 3 is 2.36 bits per heavy atom. The van der Waals surface area contributed by atoms with Crippen LogP contribution in [0.25, 0.3) is 0 Å². The third-order valence-electron chi connectivity index (χ3n) is 4.29. The van der Waals surface area contributed by atoms with E-state index in [1.165, 1.54) is 6.92 Å². The summed E-state index contributed by atoms with van der Waals surface area (Å²) in [6.07, 6.45) is 1.80. The van der Waals surface area contributed by atoms with E-state index < -0.39 is 0 Å². The molecule has 6 heteroatoms. The van der Waals surface area contributed by atoms with Gasteiger partial charge in [-0.1, -0.05) is 6.07 Å². The van der Waals surface area contributed by atoms with Crippen LogP contribution in [0.4, 0.5) is 11.5 Å². The van der Waals surface area contributed by atoms with E-state index in [2.05, 4.69) is 20.1 Å². The number of hydrogen-bond donors (Lipinski definition) is 1. The summed E-state index contributed by atoms with van der Waals surface area (Å²) < 4.78 is 0. The summed E-state index contributed by atoms with van der Waals surface area (Å²) in [4.78, 5) is 32.2. The Bertz CT molecular complexity index is 723. The van der Waals surface area contributed by atoms with E-state index in [9.17, 15) is 9.59 Å². The van der Waals surface area contributed by atoms with Crippen molar-refractivity contribution in [2.24, 2.45) is 0 Å². The average Bonchev–Trinajstić information content (AvgIpc) is 2.63. The Morgan fingerprint density at radius 2 is 1.76 bits per heavy atom. The van der Waals surface area contributed by atoms with Crippen molar-refractivity contribution in [3.63, 3.8) is 0 Å². The van der Waals surface area contributed by atoms with E-state index in [0.29, 0.717) is 17.8 Å². The Hall–Kier alpha value is -2.73. The maximum Gasteiger partial charge on any atom is 0.238 e. The molecule has 1 N–H and O–H groups in total. The number of carbonyl (C=O) groups excluding carboxylic acids is 2. The van der Waals surface area contributed by atoms with Gasteiger partial charge in [0.2, 0.25) is 5.91 Å². The lowest BCUT2D eigenvalue weighted by Gasteiger charge is -2.34. The lowest BCUT2D eigenvalue weighted by atomic mass is 10.1. The van der Waals surface area contributed by atoms with Crippen molar-refractivity contribution in [1.29, 1.82) is 0 Å². The number of amides is 1. The zero-order chi connectivity index (χ0) is 17.6. The maximum absolute atomic E-state index is 12.2. The van der Waals surface area contributed by atoms with Gasteiger partial charge in [0, 0.05) is 43.6 Å². The second-order valence-electron chi connectivity index (χ2n) is 6.13. The van der Waals surface area contributed by atoms with Crippen LogP contribution >= 0.6 is 0 Å². The summed E-state index contributed by atoms with van der Waals surface area (Å²) in [6, 6.07) is 12.9. The molecule has 2 heterocycles. The highest BCUT2D eigenvalue weighted by molar-refractivity contribution is 5.96. The minimum Gasteiger partial charge on any atom is -0.354 e. The van der Waals surface area contributed by atoms with Gasteiger partial charge in [-0.15, -0.1) is 0 Å². The largest absolute Gasteiger partial charge is 0.354 e. The third-order valence-corrected chi connectivity index (χ3v) is 4.29. The number of Topliss-reactive ketones (excluding diaryl/α,β-unsaturated/α-hetero) is 1. The van der Waals surface area contributed by atoms with Crippen molar-refractivity contribution in [3.8, 4) is 0 Å². The van der Waals surface area contributed by atoms with Crippen molar-refractivity contribution in [3.05, 3.63) is 54.2 Å². The van der Waals surface area contributed by atoms with Gasteiger partial charge in [-0.25, -0.2) is 4.98 Å². The van der Waals surface area contributed by atoms with Gasteiger partial charge in [-0.2, -0.15) is 0 Å². The minimum atomic E-state index is -0.0399. The summed E-state index contributed by atoms with van der Waals surface area (Å²) in [5.41, 5.74) is 1.35. The molecular weight excluding hydrogens is 316 g/mol. The fourth-order valence-corrected chi connectivity index (χ4v) is 2.87. The van der Waals surface area contributed by atoms with Gasteiger partial charge in [0.05, 0.1) is 6.54 Å². The second kappa shape index (κ2) is 7.90. The summed E-state index contributed by atoms with van der Waals surface area (Å²) >= 11 is 0. The van der Waals surface area contributed by atoms with E-state index in [4.69, 9.17) is 0 Å². The van der Waals surface area contributed by atoms with Crippen LogP contribution in [0.3, 0.4) is 0 Å². The molecule has 1 fully saturated rings. The first-order chi connectivity index (χ1) is 12.1. The SMILES string of the molecule is CC(=O)c1ccc(NC(=O)CN2CCN(c3ccccn3)CC2)cc1. The Balaban J connectivity index is 1.47. The van der Waals surface area contributed by atoms with Crippen LogP contribution < -0.4 is 10.2 Å². The number of nitrogens with one attached hydrogen (secondary N) is 1. The van der Waals surface area contributed by atoms with E-state index in [1.807, 2.05) is 18.2 Å². The van der Waals surface area contributed by atoms with Gasteiger partial charge in [-0.3, -0.25) is 14.5 Å². The minimum absolute atomic E-state index is 0.0173. The molecule has 0 bridgehead atoms. The van der Waals surface area contributed by atoms with Gasteiger partial charge >= 0.3 is 0 Å². The molecule has 1 aromatic carbocycles. The van der Waals surface area contributed by atoms with Crippen molar-refractivity contribution in [2.75, 3.05) is 42.9 Å². The number of aromatic nitrogens is 1. The first-order valence-electron chi connectivity index (χ1n) is 8.41. The predicted molar refractivity (Wildman–Crippen MR) is 98.0 cm³/mol. The Labute approximate surface area is 147 Å². The number of anilines is 2. The van der Waals surface area contributed by atoms with Crippen LogP contribution in [0, 0.1) is 0 Å². The van der Waals surface area contributed by atoms with Crippen molar-refractivity contribution < 1.29 is 9.59 Å². The van der Waals surface area contributed by atoms with E-state index in [0.717, 1.165) is 32.0 Å². The molecule has 1 aliphatic rings. The molecule has 1 amide bonds. The van der Waals surface area contributed by atoms with Crippen molar-refractivity contribution >= 4 is 23.2 Å². The molecule has 0 atom stereocenters. The number of ketones is 1. The Morgan fingerprint density at radius 1 is 1.04 bits per heavy atom. The molecule has 3 rings (SSSR count). The van der Waals surface area contributed by atoms with Crippen LogP contribution in [0.2, 0.25) is 0 Å². The van der Waals surface area contributed by atoms with Crippen LogP contribution in [-0.2, 0) is 4.79 Å². The van der Waals surface area contributed by atoms with Crippen LogP contribution in [0.5, 0.6) is 0 Å². The quantitative estimate of drug-likeness (QED) is 0.845. The van der Waals surface area contributed by atoms with E-state index in [-0.39, 0.29) is 11.7 Å². The van der Waals surface area contributed by atoms with Gasteiger partial charge in [0.25, 0.3) is 0 Å². The molecule has 0 spiro atoms. The highest BCUT2D eigenvalue weighted by Crippen LogP contribution is 2.13. The number of hydrogen-bond acceptors (Lipinski definition) is 5. The molecule has 1 aliphatic heterocycles. The van der Waals surface area contributed by atoms with Crippen LogP contribution in [0.1, 0.15) is 17.3 Å². The molecule has 1 saturated heterocycles. The summed E-state index contributed by atoms with van der Waals surface area (Å²) in [6.45, 7) is 5.26.